The van der Waals surface area contributed by atoms with E-state index < -0.39 is 0 Å². The third-order valence-electron chi connectivity index (χ3n) is 5.13. The molecule has 4 aromatic rings. The zero-order valence-corrected chi connectivity index (χ0v) is 18.5. The van der Waals surface area contributed by atoms with Crippen molar-refractivity contribution in [3.8, 4) is 11.4 Å². The second kappa shape index (κ2) is 8.14. The summed E-state index contributed by atoms with van der Waals surface area (Å²) in [5.74, 6) is 1.37. The van der Waals surface area contributed by atoms with E-state index in [1.54, 1.807) is 23.1 Å². The number of aromatic nitrogens is 5. The molecule has 1 aliphatic rings. The number of nitrogens with zero attached hydrogens (tertiary/aromatic N) is 5. The summed E-state index contributed by atoms with van der Waals surface area (Å²) in [4.78, 5) is 12.4. The largest absolute Gasteiger partial charge is 0.388 e. The van der Waals surface area contributed by atoms with Gasteiger partial charge in [-0.25, -0.2) is 9.97 Å². The fraction of sp³-hybridized carbons (Fsp3) is 0.400. The van der Waals surface area contributed by atoms with E-state index >= 15 is 0 Å². The molecule has 0 saturated heterocycles. The lowest BCUT2D eigenvalue weighted by Crippen LogP contribution is -2.05. The van der Waals surface area contributed by atoms with E-state index in [2.05, 4.69) is 33.9 Å². The highest BCUT2D eigenvalue weighted by Gasteiger charge is 2.23. The fourth-order valence-corrected chi connectivity index (χ4v) is 6.74. The summed E-state index contributed by atoms with van der Waals surface area (Å²) >= 11 is 5.02. The molecule has 1 aliphatic carbocycles. The predicted molar refractivity (Wildman–Crippen MR) is 118 cm³/mol. The summed E-state index contributed by atoms with van der Waals surface area (Å²) in [6.07, 6.45) is 5.64. The van der Waals surface area contributed by atoms with E-state index in [0.29, 0.717) is 5.82 Å². The highest BCUT2D eigenvalue weighted by Crippen LogP contribution is 2.42. The normalized spacial score (nSPS) is 13.9. The summed E-state index contributed by atoms with van der Waals surface area (Å²) < 4.78 is 2.00. The number of thiophene rings is 2. The number of fused-ring (bicyclic) bond motifs is 3. The van der Waals surface area contributed by atoms with Gasteiger partial charge in [-0.2, -0.15) is 11.3 Å². The van der Waals surface area contributed by atoms with Crippen LogP contribution in [0, 0.1) is 0 Å². The molecule has 1 N–H and O–H groups in total. The second-order valence-electron chi connectivity index (χ2n) is 7.07. The Morgan fingerprint density at radius 1 is 1.21 bits per heavy atom. The summed E-state index contributed by atoms with van der Waals surface area (Å²) in [5.41, 5.74) is 2.47. The van der Waals surface area contributed by atoms with Crippen molar-refractivity contribution < 1.29 is 5.11 Å². The van der Waals surface area contributed by atoms with Crippen LogP contribution in [0.1, 0.15) is 42.5 Å². The van der Waals surface area contributed by atoms with Crippen molar-refractivity contribution in [3.63, 3.8) is 0 Å². The van der Waals surface area contributed by atoms with E-state index in [9.17, 15) is 5.11 Å². The maximum absolute atomic E-state index is 9.63. The van der Waals surface area contributed by atoms with Crippen LogP contribution in [0.15, 0.2) is 27.0 Å². The monoisotopic (exact) mass is 443 g/mol. The molecule has 6 nitrogen and oxygen atoms in total. The van der Waals surface area contributed by atoms with Crippen LogP contribution in [0.4, 0.5) is 0 Å². The van der Waals surface area contributed by atoms with Crippen molar-refractivity contribution in [2.24, 2.45) is 0 Å². The van der Waals surface area contributed by atoms with Gasteiger partial charge < -0.3 is 9.67 Å². The second-order valence-corrected chi connectivity index (χ2v) is 9.89. The van der Waals surface area contributed by atoms with Crippen molar-refractivity contribution in [2.75, 3.05) is 0 Å². The van der Waals surface area contributed by atoms with Gasteiger partial charge in [0.25, 0.3) is 0 Å². The molecule has 4 heterocycles. The Morgan fingerprint density at radius 2 is 2.10 bits per heavy atom. The average Bonchev–Trinajstić information content (AvgIpc) is 3.47. The Bertz CT molecular complexity index is 1150. The van der Waals surface area contributed by atoms with Crippen LogP contribution in [0.2, 0.25) is 0 Å². The van der Waals surface area contributed by atoms with Crippen molar-refractivity contribution in [2.45, 2.75) is 62.4 Å². The van der Waals surface area contributed by atoms with Crippen molar-refractivity contribution >= 4 is 44.7 Å². The van der Waals surface area contributed by atoms with Crippen LogP contribution < -0.4 is 0 Å². The summed E-state index contributed by atoms with van der Waals surface area (Å²) in [5, 5.41) is 25.2. The van der Waals surface area contributed by atoms with Gasteiger partial charge >= 0.3 is 0 Å². The van der Waals surface area contributed by atoms with Crippen molar-refractivity contribution in [1.82, 2.24) is 24.7 Å². The molecule has 0 spiro atoms. The van der Waals surface area contributed by atoms with Gasteiger partial charge in [0.2, 0.25) is 0 Å². The molecule has 0 aromatic carbocycles. The number of rotatable bonds is 6. The molecular formula is C20H21N5OS3. The van der Waals surface area contributed by atoms with Gasteiger partial charge in [-0.3, -0.25) is 0 Å². The zero-order chi connectivity index (χ0) is 19.8. The topological polar surface area (TPSA) is 76.7 Å². The molecule has 0 aliphatic heterocycles. The molecule has 0 atom stereocenters. The molecule has 0 amide bonds. The quantitative estimate of drug-likeness (QED) is 0.425. The Kier molecular flexibility index (Phi) is 5.38. The van der Waals surface area contributed by atoms with Crippen LogP contribution in [-0.2, 0) is 26.0 Å². The van der Waals surface area contributed by atoms with Gasteiger partial charge in [0.1, 0.15) is 16.5 Å². The molecule has 0 unspecified atom stereocenters. The minimum absolute atomic E-state index is 0.110. The highest BCUT2D eigenvalue weighted by atomic mass is 32.2. The van der Waals surface area contributed by atoms with Crippen LogP contribution >= 0.6 is 34.4 Å². The minimum Gasteiger partial charge on any atom is -0.388 e. The first-order valence-electron chi connectivity index (χ1n) is 9.84. The number of aliphatic hydroxyl groups excluding tert-OH is 1. The molecule has 9 heteroatoms. The van der Waals surface area contributed by atoms with E-state index in [4.69, 9.17) is 9.97 Å². The molecule has 0 radical (unpaired) electrons. The van der Waals surface area contributed by atoms with Crippen molar-refractivity contribution in [1.29, 1.82) is 0 Å². The SMILES string of the molecule is CCCn1c(CO)nnc1Sc1nc(-c2ccsc2)nc2sc3c(c12)CCCC3. The lowest BCUT2D eigenvalue weighted by atomic mass is 9.97. The maximum Gasteiger partial charge on any atom is 0.197 e. The lowest BCUT2D eigenvalue weighted by Gasteiger charge is -2.12. The fourth-order valence-electron chi connectivity index (χ4n) is 3.76. The van der Waals surface area contributed by atoms with E-state index in [1.165, 1.54) is 28.7 Å². The first-order valence-corrected chi connectivity index (χ1v) is 12.4. The molecule has 0 saturated carbocycles. The van der Waals surface area contributed by atoms with Gasteiger partial charge in [0.15, 0.2) is 16.8 Å². The van der Waals surface area contributed by atoms with E-state index in [0.717, 1.165) is 52.2 Å². The molecule has 150 valence electrons. The molecule has 4 aromatic heterocycles. The Labute approximate surface area is 181 Å². The number of aryl methyl sites for hydroxylation is 2. The van der Waals surface area contributed by atoms with Crippen LogP contribution in [-0.4, -0.2) is 29.8 Å². The van der Waals surface area contributed by atoms with Crippen LogP contribution in [0.3, 0.4) is 0 Å². The van der Waals surface area contributed by atoms with Gasteiger partial charge in [-0.05, 0) is 60.9 Å². The van der Waals surface area contributed by atoms with Gasteiger partial charge in [0.05, 0.1) is 0 Å². The standard InChI is InChI=1S/C20H21N5OS3/c1-2-8-25-15(10-26)23-24-20(25)29-19-16-13-5-3-4-6-14(13)28-18(16)21-17(22-19)12-7-9-27-11-12/h7,9,11,26H,2-6,8,10H2,1H3. The molecule has 5 rings (SSSR count). The van der Waals surface area contributed by atoms with Crippen LogP contribution in [0.25, 0.3) is 21.6 Å². The van der Waals surface area contributed by atoms with Gasteiger partial charge in [-0.15, -0.1) is 21.5 Å². The molecular weight excluding hydrogens is 422 g/mol. The minimum atomic E-state index is -0.110. The summed E-state index contributed by atoms with van der Waals surface area (Å²) in [7, 11) is 0. The van der Waals surface area contributed by atoms with Gasteiger partial charge in [0, 0.05) is 27.8 Å². The maximum atomic E-state index is 9.63. The third-order valence-corrected chi connectivity index (χ3v) is 7.97. The molecule has 0 bridgehead atoms. The number of hydrogen-bond acceptors (Lipinski definition) is 8. The Balaban J connectivity index is 1.67. The first-order chi connectivity index (χ1) is 14.3. The number of hydrogen-bond donors (Lipinski definition) is 1. The Morgan fingerprint density at radius 3 is 2.90 bits per heavy atom. The van der Waals surface area contributed by atoms with E-state index in [-0.39, 0.29) is 6.61 Å². The number of aliphatic hydroxyl groups is 1. The smallest absolute Gasteiger partial charge is 0.197 e. The molecule has 29 heavy (non-hydrogen) atoms. The van der Waals surface area contributed by atoms with Gasteiger partial charge in [-0.1, -0.05) is 6.92 Å². The van der Waals surface area contributed by atoms with Crippen molar-refractivity contribution in [3.05, 3.63) is 33.1 Å². The third kappa shape index (κ3) is 3.50. The van der Waals surface area contributed by atoms with Crippen LogP contribution in [0.5, 0.6) is 0 Å². The zero-order valence-electron chi connectivity index (χ0n) is 16.1. The Hall–Kier alpha value is -1.81. The van der Waals surface area contributed by atoms with E-state index in [1.807, 2.05) is 15.9 Å². The first kappa shape index (κ1) is 19.2. The molecule has 0 fully saturated rings. The average molecular weight is 444 g/mol. The predicted octanol–water partition coefficient (Wildman–Crippen LogP) is 4.94. The summed E-state index contributed by atoms with van der Waals surface area (Å²) in [6.45, 7) is 2.78. The highest BCUT2D eigenvalue weighted by molar-refractivity contribution is 7.99. The lowest BCUT2D eigenvalue weighted by molar-refractivity contribution is 0.263. The summed E-state index contributed by atoms with van der Waals surface area (Å²) in [6, 6.07) is 2.07.